The molecule has 0 aromatic heterocycles. The summed E-state index contributed by atoms with van der Waals surface area (Å²) in [5.41, 5.74) is 5.47. The number of carboxylic acids is 1. The molecule has 0 radical (unpaired) electrons. The number of aliphatic carboxylic acids is 1. The van der Waals surface area contributed by atoms with E-state index < -0.39 is 5.97 Å². The van der Waals surface area contributed by atoms with Crippen molar-refractivity contribution in [3.8, 4) is 0 Å². The van der Waals surface area contributed by atoms with E-state index in [2.05, 4.69) is 11.8 Å². The molecule has 0 amide bonds. The standard InChI is InChI=1S/C11H22N2O2/c1-2-9-5-3-4-8-13(9)10(6-7-12)11(14)15/h9-10H,2-8,12H2,1H3,(H,14,15). The zero-order valence-corrected chi connectivity index (χ0v) is 9.48. The molecular formula is C11H22N2O2. The van der Waals surface area contributed by atoms with Crippen molar-refractivity contribution < 1.29 is 9.90 Å². The molecule has 2 atom stereocenters. The van der Waals surface area contributed by atoms with E-state index in [1.165, 1.54) is 6.42 Å². The summed E-state index contributed by atoms with van der Waals surface area (Å²) in [6.45, 7) is 3.49. The molecule has 0 saturated carbocycles. The van der Waals surface area contributed by atoms with Crippen molar-refractivity contribution in [1.29, 1.82) is 0 Å². The zero-order valence-electron chi connectivity index (χ0n) is 9.48. The minimum atomic E-state index is -0.721. The first-order valence-electron chi connectivity index (χ1n) is 5.89. The summed E-state index contributed by atoms with van der Waals surface area (Å²) < 4.78 is 0. The minimum Gasteiger partial charge on any atom is -0.480 e. The number of nitrogens with two attached hydrogens (primary N) is 1. The summed E-state index contributed by atoms with van der Waals surface area (Å²) in [6, 6.07) is 0.0617. The maximum Gasteiger partial charge on any atom is 0.320 e. The molecule has 0 bridgehead atoms. The molecule has 1 aliphatic rings. The summed E-state index contributed by atoms with van der Waals surface area (Å²) in [6.07, 6.45) is 5.07. The number of carboxylic acid groups (broad SMARTS) is 1. The maximum absolute atomic E-state index is 11.2. The average molecular weight is 214 g/mol. The van der Waals surface area contributed by atoms with Gasteiger partial charge in [-0.3, -0.25) is 9.69 Å². The number of rotatable bonds is 5. The van der Waals surface area contributed by atoms with Gasteiger partial charge in [0.25, 0.3) is 0 Å². The van der Waals surface area contributed by atoms with Crippen LogP contribution in [0.3, 0.4) is 0 Å². The number of hydrogen-bond acceptors (Lipinski definition) is 3. The molecule has 1 rings (SSSR count). The largest absolute Gasteiger partial charge is 0.480 e. The van der Waals surface area contributed by atoms with E-state index in [-0.39, 0.29) is 6.04 Å². The molecule has 0 aromatic carbocycles. The third kappa shape index (κ3) is 3.18. The summed E-state index contributed by atoms with van der Waals surface area (Å²) >= 11 is 0. The Balaban J connectivity index is 2.65. The number of hydrogen-bond donors (Lipinski definition) is 2. The van der Waals surface area contributed by atoms with Crippen molar-refractivity contribution in [3.63, 3.8) is 0 Å². The molecule has 4 heteroatoms. The van der Waals surface area contributed by atoms with Crippen molar-refractivity contribution in [2.75, 3.05) is 13.1 Å². The van der Waals surface area contributed by atoms with Crippen molar-refractivity contribution in [2.45, 2.75) is 51.1 Å². The number of nitrogens with zero attached hydrogens (tertiary/aromatic N) is 1. The van der Waals surface area contributed by atoms with Gasteiger partial charge in [-0.25, -0.2) is 0 Å². The molecule has 1 heterocycles. The minimum absolute atomic E-state index is 0.375. The third-order valence-corrected chi connectivity index (χ3v) is 3.27. The summed E-state index contributed by atoms with van der Waals surface area (Å²) in [4.78, 5) is 13.3. The highest BCUT2D eigenvalue weighted by Crippen LogP contribution is 2.23. The van der Waals surface area contributed by atoms with Crippen LogP contribution < -0.4 is 5.73 Å². The summed E-state index contributed by atoms with van der Waals surface area (Å²) in [7, 11) is 0. The van der Waals surface area contributed by atoms with Crippen molar-refractivity contribution in [1.82, 2.24) is 4.90 Å². The quantitative estimate of drug-likeness (QED) is 0.718. The van der Waals surface area contributed by atoms with Crippen LogP contribution in [-0.2, 0) is 4.79 Å². The van der Waals surface area contributed by atoms with E-state index in [4.69, 9.17) is 5.73 Å². The SMILES string of the molecule is CCC1CCCCN1C(CCN)C(=O)O. The molecule has 1 saturated heterocycles. The fraction of sp³-hybridized carbons (Fsp3) is 0.909. The van der Waals surface area contributed by atoms with Crippen LogP contribution in [0, 0.1) is 0 Å². The predicted molar refractivity (Wildman–Crippen MR) is 59.7 cm³/mol. The Morgan fingerprint density at radius 3 is 2.87 bits per heavy atom. The molecule has 0 aromatic rings. The van der Waals surface area contributed by atoms with Gasteiger partial charge in [0.2, 0.25) is 0 Å². The number of carbonyl (C=O) groups is 1. The van der Waals surface area contributed by atoms with Gasteiger partial charge >= 0.3 is 5.97 Å². The number of likely N-dealkylation sites (tertiary alicyclic amines) is 1. The van der Waals surface area contributed by atoms with Crippen LogP contribution in [0.2, 0.25) is 0 Å². The maximum atomic E-state index is 11.2. The lowest BCUT2D eigenvalue weighted by Gasteiger charge is -2.39. The third-order valence-electron chi connectivity index (χ3n) is 3.27. The average Bonchev–Trinajstić information content (AvgIpc) is 2.25. The van der Waals surface area contributed by atoms with Crippen molar-refractivity contribution in [2.24, 2.45) is 5.73 Å². The lowest BCUT2D eigenvalue weighted by molar-refractivity contribution is -0.145. The number of piperidine rings is 1. The van der Waals surface area contributed by atoms with Crippen LogP contribution in [0.1, 0.15) is 39.0 Å². The highest BCUT2D eigenvalue weighted by molar-refractivity contribution is 5.73. The highest BCUT2D eigenvalue weighted by Gasteiger charge is 2.31. The predicted octanol–water partition coefficient (Wildman–Crippen LogP) is 1.05. The Morgan fingerprint density at radius 1 is 1.60 bits per heavy atom. The molecule has 1 fully saturated rings. The van der Waals surface area contributed by atoms with Gasteiger partial charge in [0.05, 0.1) is 0 Å². The van der Waals surface area contributed by atoms with Gasteiger partial charge in [0, 0.05) is 6.04 Å². The van der Waals surface area contributed by atoms with Gasteiger partial charge in [0.1, 0.15) is 6.04 Å². The Kier molecular flexibility index (Phi) is 5.05. The van der Waals surface area contributed by atoms with E-state index in [9.17, 15) is 9.90 Å². The fourth-order valence-electron chi connectivity index (χ4n) is 2.46. The van der Waals surface area contributed by atoms with Crippen LogP contribution in [0.25, 0.3) is 0 Å². The molecular weight excluding hydrogens is 192 g/mol. The van der Waals surface area contributed by atoms with Crippen LogP contribution >= 0.6 is 0 Å². The van der Waals surface area contributed by atoms with Gasteiger partial charge in [-0.1, -0.05) is 13.3 Å². The molecule has 1 aliphatic heterocycles. The van der Waals surface area contributed by atoms with E-state index in [0.29, 0.717) is 19.0 Å². The van der Waals surface area contributed by atoms with Crippen molar-refractivity contribution >= 4 is 5.97 Å². The summed E-state index contributed by atoms with van der Waals surface area (Å²) in [5, 5.41) is 9.17. The Labute approximate surface area is 91.4 Å². The Bertz CT molecular complexity index is 209. The fourth-order valence-corrected chi connectivity index (χ4v) is 2.46. The van der Waals surface area contributed by atoms with Crippen LogP contribution in [0.4, 0.5) is 0 Å². The molecule has 88 valence electrons. The first-order valence-corrected chi connectivity index (χ1v) is 5.89. The molecule has 0 aliphatic carbocycles. The second-order valence-corrected chi connectivity index (χ2v) is 4.23. The first-order chi connectivity index (χ1) is 7.20. The van der Waals surface area contributed by atoms with E-state index in [1.54, 1.807) is 0 Å². The molecule has 3 N–H and O–H groups in total. The molecule has 0 spiro atoms. The first kappa shape index (κ1) is 12.5. The van der Waals surface area contributed by atoms with E-state index >= 15 is 0 Å². The topological polar surface area (TPSA) is 66.6 Å². The summed E-state index contributed by atoms with van der Waals surface area (Å²) in [5.74, 6) is -0.721. The van der Waals surface area contributed by atoms with E-state index in [0.717, 1.165) is 25.8 Å². The van der Waals surface area contributed by atoms with Crippen LogP contribution in [-0.4, -0.2) is 41.1 Å². The molecule has 15 heavy (non-hydrogen) atoms. The molecule has 2 unspecified atom stereocenters. The van der Waals surface area contributed by atoms with Gasteiger partial charge < -0.3 is 10.8 Å². The van der Waals surface area contributed by atoms with Gasteiger partial charge in [-0.15, -0.1) is 0 Å². The van der Waals surface area contributed by atoms with E-state index in [1.807, 2.05) is 0 Å². The zero-order chi connectivity index (χ0) is 11.3. The molecule has 4 nitrogen and oxygen atoms in total. The Morgan fingerprint density at radius 2 is 2.33 bits per heavy atom. The van der Waals surface area contributed by atoms with Gasteiger partial charge in [-0.2, -0.15) is 0 Å². The van der Waals surface area contributed by atoms with Gasteiger partial charge in [0.15, 0.2) is 0 Å². The normalized spacial score (nSPS) is 25.1. The second kappa shape index (κ2) is 6.08. The Hall–Kier alpha value is -0.610. The highest BCUT2D eigenvalue weighted by atomic mass is 16.4. The van der Waals surface area contributed by atoms with Gasteiger partial charge in [-0.05, 0) is 38.8 Å². The lowest BCUT2D eigenvalue weighted by atomic mass is 9.97. The van der Waals surface area contributed by atoms with Crippen molar-refractivity contribution in [3.05, 3.63) is 0 Å². The second-order valence-electron chi connectivity index (χ2n) is 4.23. The van der Waals surface area contributed by atoms with Crippen LogP contribution in [0.15, 0.2) is 0 Å². The van der Waals surface area contributed by atoms with Crippen LogP contribution in [0.5, 0.6) is 0 Å². The monoisotopic (exact) mass is 214 g/mol. The smallest absolute Gasteiger partial charge is 0.320 e. The lowest BCUT2D eigenvalue weighted by Crippen LogP contribution is -2.50.